The summed E-state index contributed by atoms with van der Waals surface area (Å²) in [5.74, 6) is 0.0711. The average Bonchev–Trinajstić information content (AvgIpc) is 2.95. The van der Waals surface area contributed by atoms with Gasteiger partial charge < -0.3 is 20.9 Å². The highest BCUT2D eigenvalue weighted by atomic mass is 35.5. The number of aromatic nitrogens is 1. The lowest BCUT2D eigenvalue weighted by atomic mass is 10.0. The van der Waals surface area contributed by atoms with Crippen molar-refractivity contribution in [3.8, 4) is 0 Å². The summed E-state index contributed by atoms with van der Waals surface area (Å²) in [5.41, 5.74) is 7.03. The normalized spacial score (nSPS) is 17.9. The highest BCUT2D eigenvalue weighted by Crippen LogP contribution is 2.24. The second-order valence-corrected chi connectivity index (χ2v) is 6.60. The minimum absolute atomic E-state index is 0.0124. The SMILES string of the molecule is NC(=O)NC[C@@H]1CCCCN1C(=O)Cc1c[nH]c2cc(Cl)ccc12. The maximum absolute atomic E-state index is 12.8. The Labute approximate surface area is 145 Å². The Kier molecular flexibility index (Phi) is 4.94. The molecule has 1 atom stereocenters. The number of benzene rings is 1. The van der Waals surface area contributed by atoms with Crippen LogP contribution in [0.3, 0.4) is 0 Å². The number of aromatic amines is 1. The molecule has 0 saturated carbocycles. The molecular weight excluding hydrogens is 328 g/mol. The predicted molar refractivity (Wildman–Crippen MR) is 94.0 cm³/mol. The number of urea groups is 1. The quantitative estimate of drug-likeness (QED) is 0.791. The smallest absolute Gasteiger partial charge is 0.312 e. The van der Waals surface area contributed by atoms with E-state index >= 15 is 0 Å². The van der Waals surface area contributed by atoms with Crippen LogP contribution in [0.2, 0.25) is 5.02 Å². The van der Waals surface area contributed by atoms with Crippen LogP contribution in [-0.4, -0.2) is 41.0 Å². The summed E-state index contributed by atoms with van der Waals surface area (Å²) in [4.78, 5) is 28.7. The monoisotopic (exact) mass is 348 g/mol. The van der Waals surface area contributed by atoms with E-state index in [1.807, 2.05) is 29.3 Å². The van der Waals surface area contributed by atoms with E-state index in [1.54, 1.807) is 0 Å². The number of fused-ring (bicyclic) bond motifs is 1. The fraction of sp³-hybridized carbons (Fsp3) is 0.412. The number of nitrogens with zero attached hydrogens (tertiary/aromatic N) is 1. The molecule has 0 bridgehead atoms. The number of carbonyl (C=O) groups is 2. The molecule has 0 unspecified atom stereocenters. The molecule has 1 saturated heterocycles. The molecule has 3 amide bonds. The minimum atomic E-state index is -0.554. The predicted octanol–water partition coefficient (Wildman–Crippen LogP) is 2.41. The maximum atomic E-state index is 12.8. The molecule has 7 heteroatoms. The van der Waals surface area contributed by atoms with Crippen molar-refractivity contribution in [2.24, 2.45) is 5.73 Å². The first-order valence-corrected chi connectivity index (χ1v) is 8.50. The molecule has 128 valence electrons. The number of primary amides is 1. The Bertz CT molecular complexity index is 758. The minimum Gasteiger partial charge on any atom is -0.361 e. The first-order valence-electron chi connectivity index (χ1n) is 8.13. The molecule has 0 aliphatic carbocycles. The van der Waals surface area contributed by atoms with Crippen molar-refractivity contribution in [2.75, 3.05) is 13.1 Å². The third-order valence-electron chi connectivity index (χ3n) is 4.53. The van der Waals surface area contributed by atoms with Gasteiger partial charge in [-0.25, -0.2) is 4.79 Å². The molecule has 0 spiro atoms. The van der Waals surface area contributed by atoms with Gasteiger partial charge in [-0.2, -0.15) is 0 Å². The van der Waals surface area contributed by atoms with Crippen LogP contribution in [0.15, 0.2) is 24.4 Å². The summed E-state index contributed by atoms with van der Waals surface area (Å²) in [6.45, 7) is 1.13. The third-order valence-corrected chi connectivity index (χ3v) is 4.77. The Morgan fingerprint density at radius 1 is 1.38 bits per heavy atom. The molecule has 4 N–H and O–H groups in total. The standard InChI is InChI=1S/C17H21ClN4O2/c18-12-4-5-14-11(9-20-15(14)8-12)7-16(23)22-6-2-1-3-13(22)10-21-17(19)24/h4-5,8-9,13,20H,1-3,6-7,10H2,(H3,19,21,24)/t13-/m0/s1. The Morgan fingerprint density at radius 2 is 2.21 bits per heavy atom. The van der Waals surface area contributed by atoms with Crippen molar-refractivity contribution < 1.29 is 9.59 Å². The fourth-order valence-corrected chi connectivity index (χ4v) is 3.50. The first-order chi connectivity index (χ1) is 11.5. The summed E-state index contributed by atoms with van der Waals surface area (Å²) < 4.78 is 0. The number of nitrogens with one attached hydrogen (secondary N) is 2. The maximum Gasteiger partial charge on any atom is 0.312 e. The van der Waals surface area contributed by atoms with Crippen LogP contribution >= 0.6 is 11.6 Å². The van der Waals surface area contributed by atoms with E-state index in [1.165, 1.54) is 0 Å². The van der Waals surface area contributed by atoms with Gasteiger partial charge in [-0.1, -0.05) is 17.7 Å². The average molecular weight is 349 g/mol. The van der Waals surface area contributed by atoms with Gasteiger partial charge in [-0.15, -0.1) is 0 Å². The van der Waals surface area contributed by atoms with Crippen LogP contribution in [-0.2, 0) is 11.2 Å². The van der Waals surface area contributed by atoms with E-state index in [9.17, 15) is 9.59 Å². The van der Waals surface area contributed by atoms with Gasteiger partial charge in [0, 0.05) is 41.3 Å². The second kappa shape index (κ2) is 7.13. The molecule has 0 radical (unpaired) electrons. The Balaban J connectivity index is 1.73. The number of H-pyrrole nitrogens is 1. The highest BCUT2D eigenvalue weighted by Gasteiger charge is 2.27. The second-order valence-electron chi connectivity index (χ2n) is 6.16. The van der Waals surface area contributed by atoms with Gasteiger partial charge in [0.05, 0.1) is 6.42 Å². The highest BCUT2D eigenvalue weighted by molar-refractivity contribution is 6.31. The van der Waals surface area contributed by atoms with Crippen molar-refractivity contribution in [2.45, 2.75) is 31.7 Å². The van der Waals surface area contributed by atoms with Gasteiger partial charge in [0.2, 0.25) is 5.91 Å². The van der Waals surface area contributed by atoms with Crippen molar-refractivity contribution in [3.05, 3.63) is 35.0 Å². The lowest BCUT2D eigenvalue weighted by Crippen LogP contribution is -2.50. The molecule has 1 aromatic heterocycles. The zero-order valence-electron chi connectivity index (χ0n) is 13.3. The van der Waals surface area contributed by atoms with Crippen LogP contribution in [0.1, 0.15) is 24.8 Å². The van der Waals surface area contributed by atoms with E-state index < -0.39 is 6.03 Å². The van der Waals surface area contributed by atoms with E-state index in [2.05, 4.69) is 10.3 Å². The topological polar surface area (TPSA) is 91.2 Å². The lowest BCUT2D eigenvalue weighted by Gasteiger charge is -2.35. The number of piperidine rings is 1. The number of carbonyl (C=O) groups excluding carboxylic acids is 2. The van der Waals surface area contributed by atoms with Gasteiger partial charge >= 0.3 is 6.03 Å². The number of amides is 3. The van der Waals surface area contributed by atoms with Crippen molar-refractivity contribution in [3.63, 3.8) is 0 Å². The molecule has 1 aromatic carbocycles. The van der Waals surface area contributed by atoms with E-state index in [4.69, 9.17) is 17.3 Å². The van der Waals surface area contributed by atoms with E-state index in [-0.39, 0.29) is 11.9 Å². The van der Waals surface area contributed by atoms with Crippen LogP contribution < -0.4 is 11.1 Å². The third kappa shape index (κ3) is 3.64. The molecule has 1 aliphatic rings. The number of hydrogen-bond acceptors (Lipinski definition) is 2. The summed E-state index contributed by atoms with van der Waals surface area (Å²) in [6.07, 6.45) is 5.12. The van der Waals surface area contributed by atoms with Crippen LogP contribution in [0, 0.1) is 0 Å². The summed E-state index contributed by atoms with van der Waals surface area (Å²) in [7, 11) is 0. The van der Waals surface area contributed by atoms with Crippen molar-refractivity contribution >= 4 is 34.4 Å². The summed E-state index contributed by atoms with van der Waals surface area (Å²) in [5, 5.41) is 4.29. The molecule has 24 heavy (non-hydrogen) atoms. The van der Waals surface area contributed by atoms with Gasteiger partial charge in [-0.3, -0.25) is 4.79 Å². The Morgan fingerprint density at radius 3 is 3.00 bits per heavy atom. The number of likely N-dealkylation sites (tertiary alicyclic amines) is 1. The molecular formula is C17H21ClN4O2. The van der Waals surface area contributed by atoms with Gasteiger partial charge in [0.15, 0.2) is 0 Å². The van der Waals surface area contributed by atoms with E-state index in [0.717, 1.165) is 42.3 Å². The molecule has 1 aliphatic heterocycles. The fourth-order valence-electron chi connectivity index (χ4n) is 3.33. The van der Waals surface area contributed by atoms with Crippen LogP contribution in [0.25, 0.3) is 10.9 Å². The molecule has 3 rings (SSSR count). The Hall–Kier alpha value is -2.21. The molecule has 2 heterocycles. The van der Waals surface area contributed by atoms with Gasteiger partial charge in [0.25, 0.3) is 0 Å². The lowest BCUT2D eigenvalue weighted by molar-refractivity contribution is -0.134. The summed E-state index contributed by atoms with van der Waals surface area (Å²) >= 11 is 5.99. The van der Waals surface area contributed by atoms with Gasteiger partial charge in [0.1, 0.15) is 0 Å². The van der Waals surface area contributed by atoms with Crippen LogP contribution in [0.5, 0.6) is 0 Å². The number of nitrogens with two attached hydrogens (primary N) is 1. The van der Waals surface area contributed by atoms with Crippen LogP contribution in [0.4, 0.5) is 4.79 Å². The van der Waals surface area contributed by atoms with Crippen molar-refractivity contribution in [1.82, 2.24) is 15.2 Å². The molecule has 1 fully saturated rings. The van der Waals surface area contributed by atoms with E-state index in [0.29, 0.717) is 18.0 Å². The summed E-state index contributed by atoms with van der Waals surface area (Å²) in [6, 6.07) is 5.07. The largest absolute Gasteiger partial charge is 0.361 e. The first kappa shape index (κ1) is 16.6. The van der Waals surface area contributed by atoms with Gasteiger partial charge in [-0.05, 0) is 37.0 Å². The van der Waals surface area contributed by atoms with Crippen molar-refractivity contribution in [1.29, 1.82) is 0 Å². The zero-order chi connectivity index (χ0) is 17.1. The number of halogens is 1. The number of hydrogen-bond donors (Lipinski definition) is 3. The molecule has 6 nitrogen and oxygen atoms in total. The number of rotatable bonds is 4. The molecule has 2 aromatic rings. The zero-order valence-corrected chi connectivity index (χ0v) is 14.1.